The largest absolute Gasteiger partial charge is 0.508 e. The average molecular weight is 328 g/mol. The van der Waals surface area contributed by atoms with Crippen molar-refractivity contribution in [2.24, 2.45) is 0 Å². The van der Waals surface area contributed by atoms with Gasteiger partial charge in [-0.2, -0.15) is 0 Å². The number of nitrogens with one attached hydrogen (secondary N) is 1. The van der Waals surface area contributed by atoms with Gasteiger partial charge in [-0.15, -0.1) is 6.58 Å². The van der Waals surface area contributed by atoms with E-state index < -0.39 is 0 Å². The molecule has 0 unspecified atom stereocenters. The van der Waals surface area contributed by atoms with Crippen LogP contribution in [-0.4, -0.2) is 23.9 Å². The smallest absolute Gasteiger partial charge is 0.174 e. The van der Waals surface area contributed by atoms with Gasteiger partial charge in [0.05, 0.1) is 13.7 Å². The highest BCUT2D eigenvalue weighted by Gasteiger charge is 2.14. The van der Waals surface area contributed by atoms with Crippen LogP contribution in [0.3, 0.4) is 0 Å². The first kappa shape index (κ1) is 16.8. The van der Waals surface area contributed by atoms with Crippen molar-refractivity contribution >= 4 is 23.0 Å². The first-order chi connectivity index (χ1) is 11.2. The van der Waals surface area contributed by atoms with Crippen LogP contribution in [0.2, 0.25) is 0 Å². The second kappa shape index (κ2) is 8.19. The number of para-hydroxylation sites is 1. The summed E-state index contributed by atoms with van der Waals surface area (Å²) in [7, 11) is 1.63. The second-order valence-corrected chi connectivity index (χ2v) is 5.27. The van der Waals surface area contributed by atoms with E-state index in [0.29, 0.717) is 18.2 Å². The van der Waals surface area contributed by atoms with Gasteiger partial charge in [0, 0.05) is 17.8 Å². The van der Waals surface area contributed by atoms with Crippen molar-refractivity contribution in [2.75, 3.05) is 18.6 Å². The maximum absolute atomic E-state index is 10.0. The predicted molar refractivity (Wildman–Crippen MR) is 98.1 cm³/mol. The van der Waals surface area contributed by atoms with Gasteiger partial charge in [0.2, 0.25) is 0 Å². The molecule has 4 nitrogen and oxygen atoms in total. The van der Waals surface area contributed by atoms with Gasteiger partial charge in [-0.25, -0.2) is 0 Å². The quantitative estimate of drug-likeness (QED) is 0.628. The minimum atomic E-state index is 0.248. The zero-order valence-electron chi connectivity index (χ0n) is 13.0. The summed E-state index contributed by atoms with van der Waals surface area (Å²) < 4.78 is 5.19. The summed E-state index contributed by atoms with van der Waals surface area (Å²) in [5, 5.41) is 13.7. The molecule has 23 heavy (non-hydrogen) atoms. The predicted octanol–water partition coefficient (Wildman–Crippen LogP) is 3.47. The monoisotopic (exact) mass is 328 g/mol. The molecular formula is C18H20N2O2S. The molecule has 0 aliphatic carbocycles. The number of hydrogen-bond donors (Lipinski definition) is 2. The first-order valence-corrected chi connectivity index (χ1v) is 7.63. The summed E-state index contributed by atoms with van der Waals surface area (Å²) in [6.07, 6.45) is 1.75. The van der Waals surface area contributed by atoms with Crippen molar-refractivity contribution in [3.05, 3.63) is 66.7 Å². The van der Waals surface area contributed by atoms with Crippen molar-refractivity contribution in [3.8, 4) is 11.5 Å². The summed E-state index contributed by atoms with van der Waals surface area (Å²) >= 11 is 5.48. The van der Waals surface area contributed by atoms with Gasteiger partial charge in [-0.1, -0.05) is 24.3 Å². The van der Waals surface area contributed by atoms with Crippen LogP contribution in [0.4, 0.5) is 5.69 Å². The molecule has 0 heterocycles. The second-order valence-electron chi connectivity index (χ2n) is 4.89. The molecule has 0 fully saturated rings. The summed E-state index contributed by atoms with van der Waals surface area (Å²) in [5.41, 5.74) is 1.71. The van der Waals surface area contributed by atoms with Crippen molar-refractivity contribution in [3.63, 3.8) is 0 Å². The minimum absolute atomic E-state index is 0.248. The number of aromatic hydroxyl groups is 1. The Bertz CT molecular complexity index is 671. The first-order valence-electron chi connectivity index (χ1n) is 7.23. The van der Waals surface area contributed by atoms with E-state index in [1.807, 2.05) is 41.3 Å². The Morgan fingerprint density at radius 1 is 1.26 bits per heavy atom. The van der Waals surface area contributed by atoms with Crippen LogP contribution in [0.15, 0.2) is 61.2 Å². The molecular weight excluding hydrogens is 308 g/mol. The van der Waals surface area contributed by atoms with Gasteiger partial charge in [0.15, 0.2) is 5.11 Å². The lowest BCUT2D eigenvalue weighted by Crippen LogP contribution is -2.39. The Balaban J connectivity index is 2.28. The molecule has 2 N–H and O–H groups in total. The van der Waals surface area contributed by atoms with Crippen LogP contribution in [0.25, 0.3) is 0 Å². The van der Waals surface area contributed by atoms with E-state index in [9.17, 15) is 5.11 Å². The van der Waals surface area contributed by atoms with Gasteiger partial charge in [-0.3, -0.25) is 0 Å². The van der Waals surface area contributed by atoms with Crippen LogP contribution in [0, 0.1) is 0 Å². The van der Waals surface area contributed by atoms with E-state index in [0.717, 1.165) is 17.0 Å². The van der Waals surface area contributed by atoms with Crippen molar-refractivity contribution in [1.82, 2.24) is 5.32 Å². The fraction of sp³-hybridized carbons (Fsp3) is 0.167. The van der Waals surface area contributed by atoms with E-state index in [1.54, 1.807) is 25.3 Å². The standard InChI is InChI=1S/C18H20N2O2S/c1-3-12-19-18(23)20(13-14-6-4-5-7-17(14)21)15-8-10-16(22-2)11-9-15/h3-11,21H,1,12-13H2,2H3,(H,19,23). The number of ether oxygens (including phenoxy) is 1. The molecule has 0 bridgehead atoms. The zero-order valence-corrected chi connectivity index (χ0v) is 13.8. The van der Waals surface area contributed by atoms with Crippen molar-refractivity contribution in [1.29, 1.82) is 0 Å². The number of phenols is 1. The normalized spacial score (nSPS) is 9.96. The number of anilines is 1. The number of benzene rings is 2. The Labute approximate surface area is 142 Å². The molecule has 0 amide bonds. The maximum Gasteiger partial charge on any atom is 0.174 e. The average Bonchev–Trinajstić information content (AvgIpc) is 2.59. The SMILES string of the molecule is C=CCNC(=S)N(Cc1ccccc1O)c1ccc(OC)cc1. The molecule has 0 atom stereocenters. The van der Waals surface area contributed by atoms with E-state index >= 15 is 0 Å². The number of phenolic OH excluding ortho intramolecular Hbond substituents is 1. The third-order valence-corrected chi connectivity index (χ3v) is 3.71. The van der Waals surface area contributed by atoms with E-state index in [2.05, 4.69) is 11.9 Å². The molecule has 0 radical (unpaired) electrons. The topological polar surface area (TPSA) is 44.7 Å². The Kier molecular flexibility index (Phi) is 6.00. The summed E-state index contributed by atoms with van der Waals surface area (Å²) in [4.78, 5) is 1.92. The molecule has 0 spiro atoms. The number of hydrogen-bond acceptors (Lipinski definition) is 3. The van der Waals surface area contributed by atoms with Crippen LogP contribution < -0.4 is 15.0 Å². The molecule has 120 valence electrons. The molecule has 0 aromatic heterocycles. The van der Waals surface area contributed by atoms with Gasteiger partial charge in [0.25, 0.3) is 0 Å². The number of rotatable bonds is 6. The molecule has 0 saturated heterocycles. The van der Waals surface area contributed by atoms with Crippen LogP contribution in [0.5, 0.6) is 11.5 Å². The highest BCUT2D eigenvalue weighted by Crippen LogP contribution is 2.24. The molecule has 0 aliphatic rings. The fourth-order valence-corrected chi connectivity index (χ4v) is 2.37. The van der Waals surface area contributed by atoms with Crippen LogP contribution in [-0.2, 0) is 6.54 Å². The van der Waals surface area contributed by atoms with Gasteiger partial charge in [0.1, 0.15) is 11.5 Å². The van der Waals surface area contributed by atoms with Crippen molar-refractivity contribution < 1.29 is 9.84 Å². The highest BCUT2D eigenvalue weighted by atomic mass is 32.1. The lowest BCUT2D eigenvalue weighted by Gasteiger charge is -2.26. The van der Waals surface area contributed by atoms with Crippen LogP contribution in [0.1, 0.15) is 5.56 Å². The summed E-state index contributed by atoms with van der Waals surface area (Å²) in [6, 6.07) is 14.9. The third kappa shape index (κ3) is 4.47. The zero-order chi connectivity index (χ0) is 16.7. The molecule has 0 saturated carbocycles. The summed E-state index contributed by atoms with van der Waals surface area (Å²) in [5.74, 6) is 1.03. The Hall–Kier alpha value is -2.53. The van der Waals surface area contributed by atoms with E-state index in [1.165, 1.54) is 0 Å². The lowest BCUT2D eigenvalue weighted by molar-refractivity contribution is 0.415. The third-order valence-electron chi connectivity index (χ3n) is 3.35. The van der Waals surface area contributed by atoms with Gasteiger partial charge in [-0.05, 0) is 42.5 Å². The number of thiocarbonyl (C=S) groups is 1. The molecule has 2 rings (SSSR count). The summed E-state index contributed by atoms with van der Waals surface area (Å²) in [6.45, 7) is 4.72. The Morgan fingerprint density at radius 3 is 2.57 bits per heavy atom. The highest BCUT2D eigenvalue weighted by molar-refractivity contribution is 7.80. The van der Waals surface area contributed by atoms with Crippen LogP contribution >= 0.6 is 12.2 Å². The van der Waals surface area contributed by atoms with Gasteiger partial charge >= 0.3 is 0 Å². The minimum Gasteiger partial charge on any atom is -0.508 e. The number of nitrogens with zero attached hydrogens (tertiary/aromatic N) is 1. The Morgan fingerprint density at radius 2 is 1.96 bits per heavy atom. The lowest BCUT2D eigenvalue weighted by atomic mass is 10.1. The van der Waals surface area contributed by atoms with E-state index in [-0.39, 0.29) is 5.75 Å². The maximum atomic E-state index is 10.0. The number of methoxy groups -OCH3 is 1. The van der Waals surface area contributed by atoms with Crippen molar-refractivity contribution in [2.45, 2.75) is 6.54 Å². The van der Waals surface area contributed by atoms with Gasteiger partial charge < -0.3 is 20.1 Å². The van der Waals surface area contributed by atoms with E-state index in [4.69, 9.17) is 17.0 Å². The molecule has 2 aromatic carbocycles. The molecule has 2 aromatic rings. The molecule has 5 heteroatoms. The molecule has 0 aliphatic heterocycles. The fourth-order valence-electron chi connectivity index (χ4n) is 2.11.